The van der Waals surface area contributed by atoms with E-state index >= 15 is 0 Å². The smallest absolute Gasteiger partial charge is 0.271 e. The second-order valence-electron chi connectivity index (χ2n) is 10.6. The van der Waals surface area contributed by atoms with Crippen molar-refractivity contribution in [1.82, 2.24) is 25.1 Å². The van der Waals surface area contributed by atoms with Crippen molar-refractivity contribution in [2.24, 2.45) is 5.92 Å². The topological polar surface area (TPSA) is 88.0 Å². The summed E-state index contributed by atoms with van der Waals surface area (Å²) in [7, 11) is 4.01. The van der Waals surface area contributed by atoms with Gasteiger partial charge in [0.25, 0.3) is 5.91 Å². The van der Waals surface area contributed by atoms with E-state index in [0.29, 0.717) is 30.1 Å². The number of hydrogen-bond donors (Lipinski definition) is 2. The average molecular weight is 464 g/mol. The van der Waals surface area contributed by atoms with Crippen LogP contribution in [0, 0.1) is 12.8 Å². The molecule has 0 saturated heterocycles. The molecule has 1 amide bonds. The number of amides is 1. The predicted octanol–water partition coefficient (Wildman–Crippen LogP) is 4.36. The highest BCUT2D eigenvalue weighted by Gasteiger charge is 2.24. The summed E-state index contributed by atoms with van der Waals surface area (Å²) >= 11 is 0. The van der Waals surface area contributed by atoms with Gasteiger partial charge in [-0.1, -0.05) is 12.1 Å². The Balaban J connectivity index is 1.31. The zero-order valence-electron chi connectivity index (χ0n) is 21.2. The number of rotatable bonds is 6. The molecule has 1 saturated carbocycles. The van der Waals surface area contributed by atoms with Crippen molar-refractivity contribution >= 4 is 28.6 Å². The second-order valence-corrected chi connectivity index (χ2v) is 10.6. The SMILES string of the molecule is Cc1cc(C(=O)NCC2CCC(Nc3nc(N(C)C)c4ccccc4n3)CC2)nn1C(C)(C)C. The number of anilines is 2. The highest BCUT2D eigenvalue weighted by atomic mass is 16.1. The minimum atomic E-state index is -0.143. The molecule has 2 aromatic heterocycles. The lowest BCUT2D eigenvalue weighted by Crippen LogP contribution is -2.34. The number of para-hydroxylation sites is 1. The van der Waals surface area contributed by atoms with E-state index in [9.17, 15) is 4.79 Å². The van der Waals surface area contributed by atoms with Gasteiger partial charge in [-0.25, -0.2) is 4.98 Å². The minimum absolute atomic E-state index is 0.0906. The molecule has 8 nitrogen and oxygen atoms in total. The molecule has 0 radical (unpaired) electrons. The van der Waals surface area contributed by atoms with Crippen LogP contribution in [0.25, 0.3) is 10.9 Å². The summed E-state index contributed by atoms with van der Waals surface area (Å²) in [4.78, 5) is 24.2. The van der Waals surface area contributed by atoms with E-state index in [2.05, 4.69) is 42.6 Å². The number of aryl methyl sites for hydroxylation is 1. The fourth-order valence-electron chi connectivity index (χ4n) is 4.75. The van der Waals surface area contributed by atoms with Gasteiger partial charge in [0, 0.05) is 37.8 Å². The molecule has 1 aromatic carbocycles. The van der Waals surface area contributed by atoms with Gasteiger partial charge in [0.2, 0.25) is 5.95 Å². The molecule has 0 aliphatic heterocycles. The third kappa shape index (κ3) is 5.32. The number of hydrogen-bond acceptors (Lipinski definition) is 6. The van der Waals surface area contributed by atoms with Crippen molar-refractivity contribution in [2.45, 2.75) is 65.0 Å². The first-order chi connectivity index (χ1) is 16.1. The molecule has 0 atom stereocenters. The summed E-state index contributed by atoms with van der Waals surface area (Å²) in [6.45, 7) is 8.94. The van der Waals surface area contributed by atoms with E-state index in [4.69, 9.17) is 9.97 Å². The molecule has 2 heterocycles. The van der Waals surface area contributed by atoms with Crippen LogP contribution in [0.4, 0.5) is 11.8 Å². The Morgan fingerprint density at radius 2 is 1.82 bits per heavy atom. The van der Waals surface area contributed by atoms with E-state index in [1.54, 1.807) is 0 Å². The lowest BCUT2D eigenvalue weighted by Gasteiger charge is -2.29. The van der Waals surface area contributed by atoms with Crippen LogP contribution in [-0.2, 0) is 5.54 Å². The molecule has 1 aliphatic carbocycles. The molecule has 182 valence electrons. The lowest BCUT2D eigenvalue weighted by atomic mass is 9.86. The summed E-state index contributed by atoms with van der Waals surface area (Å²) < 4.78 is 1.91. The molecule has 4 rings (SSSR count). The van der Waals surface area contributed by atoms with Crippen molar-refractivity contribution in [2.75, 3.05) is 30.9 Å². The van der Waals surface area contributed by atoms with Crippen molar-refractivity contribution < 1.29 is 4.79 Å². The molecule has 0 unspecified atom stereocenters. The van der Waals surface area contributed by atoms with E-state index in [1.807, 2.05) is 54.9 Å². The molecule has 2 N–H and O–H groups in total. The van der Waals surface area contributed by atoms with Crippen molar-refractivity contribution in [1.29, 1.82) is 0 Å². The number of benzene rings is 1. The Labute approximate surface area is 202 Å². The monoisotopic (exact) mass is 463 g/mol. The predicted molar refractivity (Wildman–Crippen MR) is 138 cm³/mol. The Morgan fingerprint density at radius 1 is 1.12 bits per heavy atom. The van der Waals surface area contributed by atoms with Crippen LogP contribution < -0.4 is 15.5 Å². The third-order valence-corrected chi connectivity index (χ3v) is 6.49. The second kappa shape index (κ2) is 9.60. The highest BCUT2D eigenvalue weighted by molar-refractivity contribution is 5.92. The first kappa shape index (κ1) is 24.0. The van der Waals surface area contributed by atoms with Crippen molar-refractivity contribution in [3.63, 3.8) is 0 Å². The van der Waals surface area contributed by atoms with E-state index in [1.165, 1.54) is 0 Å². The first-order valence-electron chi connectivity index (χ1n) is 12.2. The Morgan fingerprint density at radius 3 is 2.47 bits per heavy atom. The van der Waals surface area contributed by atoms with Crippen molar-refractivity contribution in [3.05, 3.63) is 41.7 Å². The summed E-state index contributed by atoms with van der Waals surface area (Å²) in [5.74, 6) is 1.99. The molecule has 1 aliphatic rings. The summed E-state index contributed by atoms with van der Waals surface area (Å²) in [6.07, 6.45) is 4.18. The number of nitrogens with zero attached hydrogens (tertiary/aromatic N) is 5. The van der Waals surface area contributed by atoms with Gasteiger partial charge in [0.05, 0.1) is 11.1 Å². The molecule has 0 spiro atoms. The minimum Gasteiger partial charge on any atom is -0.362 e. The van der Waals surface area contributed by atoms with E-state index < -0.39 is 0 Å². The normalized spacial score (nSPS) is 18.6. The van der Waals surface area contributed by atoms with Crippen LogP contribution in [0.15, 0.2) is 30.3 Å². The summed E-state index contributed by atoms with van der Waals surface area (Å²) in [5.41, 5.74) is 2.30. The van der Waals surface area contributed by atoms with Gasteiger partial charge in [-0.05, 0) is 77.5 Å². The fourth-order valence-corrected chi connectivity index (χ4v) is 4.75. The maximum absolute atomic E-state index is 12.7. The number of aromatic nitrogens is 4. The standard InChI is InChI=1S/C26H37N7O/c1-17-15-22(31-33(17)26(2,3)4)24(34)27-16-18-11-13-19(14-12-18)28-25-29-21-10-8-7-9-20(21)23(30-25)32(5)6/h7-10,15,18-19H,11-14,16H2,1-6H3,(H,27,34)(H,28,29,30). The molecule has 8 heteroatoms. The van der Waals surface area contributed by atoms with E-state index in [0.717, 1.165) is 48.1 Å². The molecular weight excluding hydrogens is 426 g/mol. The molecular formula is C26H37N7O. The summed E-state index contributed by atoms with van der Waals surface area (Å²) in [6, 6.07) is 10.3. The molecule has 1 fully saturated rings. The Hall–Kier alpha value is -3.16. The highest BCUT2D eigenvalue weighted by Crippen LogP contribution is 2.28. The average Bonchev–Trinajstić information content (AvgIpc) is 3.20. The largest absolute Gasteiger partial charge is 0.362 e. The Kier molecular flexibility index (Phi) is 6.77. The van der Waals surface area contributed by atoms with Crippen LogP contribution >= 0.6 is 0 Å². The van der Waals surface area contributed by atoms with Crippen LogP contribution in [0.3, 0.4) is 0 Å². The fraction of sp³-hybridized carbons (Fsp3) is 0.538. The van der Waals surface area contributed by atoms with Gasteiger partial charge >= 0.3 is 0 Å². The number of fused-ring (bicyclic) bond motifs is 1. The maximum atomic E-state index is 12.7. The summed E-state index contributed by atoms with van der Waals surface area (Å²) in [5, 5.41) is 12.2. The van der Waals surface area contributed by atoms with Gasteiger partial charge in [-0.15, -0.1) is 0 Å². The zero-order valence-corrected chi connectivity index (χ0v) is 21.2. The van der Waals surface area contributed by atoms with Crippen LogP contribution in [0.5, 0.6) is 0 Å². The van der Waals surface area contributed by atoms with Crippen LogP contribution in [0.1, 0.15) is 62.6 Å². The van der Waals surface area contributed by atoms with Gasteiger partial charge in [-0.3, -0.25) is 9.48 Å². The Bertz CT molecular complexity index is 1150. The van der Waals surface area contributed by atoms with Gasteiger partial charge in [-0.2, -0.15) is 10.1 Å². The zero-order chi connectivity index (χ0) is 24.5. The number of nitrogens with one attached hydrogen (secondary N) is 2. The molecule has 34 heavy (non-hydrogen) atoms. The van der Waals surface area contributed by atoms with Gasteiger partial charge in [0.15, 0.2) is 0 Å². The molecule has 0 bridgehead atoms. The lowest BCUT2D eigenvalue weighted by molar-refractivity contribution is 0.0936. The first-order valence-corrected chi connectivity index (χ1v) is 12.2. The van der Waals surface area contributed by atoms with Gasteiger partial charge < -0.3 is 15.5 Å². The van der Waals surface area contributed by atoms with Crippen LogP contribution in [-0.4, -0.2) is 52.3 Å². The van der Waals surface area contributed by atoms with Crippen molar-refractivity contribution in [3.8, 4) is 0 Å². The number of carbonyl (C=O) groups excluding carboxylic acids is 1. The number of carbonyl (C=O) groups is 1. The van der Waals surface area contributed by atoms with Crippen LogP contribution in [0.2, 0.25) is 0 Å². The van der Waals surface area contributed by atoms with Gasteiger partial charge in [0.1, 0.15) is 11.5 Å². The molecule has 3 aromatic rings. The maximum Gasteiger partial charge on any atom is 0.271 e. The quantitative estimate of drug-likeness (QED) is 0.565. The van der Waals surface area contributed by atoms with E-state index in [-0.39, 0.29) is 11.4 Å². The third-order valence-electron chi connectivity index (χ3n) is 6.49.